The van der Waals surface area contributed by atoms with Gasteiger partial charge in [-0.05, 0) is 13.0 Å². The number of carbonyl (C=O) groups is 1. The normalized spacial score (nSPS) is 17.3. The van der Waals surface area contributed by atoms with Crippen molar-refractivity contribution in [3.8, 4) is 5.75 Å². The average molecular weight is 312 g/mol. The summed E-state index contributed by atoms with van der Waals surface area (Å²) in [5, 5.41) is 2.81. The molecule has 0 atom stereocenters. The Kier molecular flexibility index (Phi) is 5.06. The molecule has 1 aromatic rings. The molecule has 2 amide bonds. The van der Waals surface area contributed by atoms with Crippen molar-refractivity contribution in [2.24, 2.45) is 0 Å². The van der Waals surface area contributed by atoms with Gasteiger partial charge < -0.3 is 15.0 Å². The molecule has 0 aliphatic carbocycles. The van der Waals surface area contributed by atoms with E-state index in [2.05, 4.69) is 5.32 Å². The molecule has 116 valence electrons. The van der Waals surface area contributed by atoms with Crippen LogP contribution in [0.25, 0.3) is 0 Å². The van der Waals surface area contributed by atoms with E-state index in [1.165, 1.54) is 4.90 Å². The van der Waals surface area contributed by atoms with E-state index in [0.29, 0.717) is 13.2 Å². The molecule has 1 aliphatic rings. The van der Waals surface area contributed by atoms with Gasteiger partial charge in [0.25, 0.3) is 0 Å². The highest BCUT2D eigenvalue weighted by atomic mass is 32.2. The van der Waals surface area contributed by atoms with E-state index >= 15 is 0 Å². The summed E-state index contributed by atoms with van der Waals surface area (Å²) in [5.74, 6) is 0.827. The van der Waals surface area contributed by atoms with Crippen molar-refractivity contribution in [1.82, 2.24) is 10.2 Å². The van der Waals surface area contributed by atoms with Crippen molar-refractivity contribution in [3.05, 3.63) is 29.8 Å². The maximum Gasteiger partial charge on any atom is 0.317 e. The number of hydrogen-bond donors (Lipinski definition) is 1. The Morgan fingerprint density at radius 2 is 1.95 bits per heavy atom. The summed E-state index contributed by atoms with van der Waals surface area (Å²) in [6, 6.07) is 7.28. The monoisotopic (exact) mass is 312 g/mol. The predicted molar refractivity (Wildman–Crippen MR) is 80.1 cm³/mol. The van der Waals surface area contributed by atoms with Crippen LogP contribution >= 0.6 is 0 Å². The van der Waals surface area contributed by atoms with Gasteiger partial charge in [-0.25, -0.2) is 13.2 Å². The summed E-state index contributed by atoms with van der Waals surface area (Å²) >= 11 is 0. The zero-order valence-corrected chi connectivity index (χ0v) is 12.9. The summed E-state index contributed by atoms with van der Waals surface area (Å²) in [6.45, 7) is 3.33. The maximum absolute atomic E-state index is 12.0. The molecule has 2 rings (SSSR count). The number of sulfone groups is 1. The van der Waals surface area contributed by atoms with Gasteiger partial charge in [0.05, 0.1) is 18.1 Å². The van der Waals surface area contributed by atoms with Crippen LogP contribution in [0.3, 0.4) is 0 Å². The first-order chi connectivity index (χ1) is 10.0. The zero-order valence-electron chi connectivity index (χ0n) is 12.0. The molecule has 1 saturated heterocycles. The number of nitrogens with zero attached hydrogens (tertiary/aromatic N) is 1. The van der Waals surface area contributed by atoms with E-state index < -0.39 is 9.84 Å². The fourth-order valence-corrected chi connectivity index (χ4v) is 3.35. The van der Waals surface area contributed by atoms with E-state index in [0.717, 1.165) is 11.3 Å². The minimum atomic E-state index is -2.97. The third-order valence-corrected chi connectivity index (χ3v) is 4.94. The van der Waals surface area contributed by atoms with Gasteiger partial charge in [0.15, 0.2) is 9.84 Å². The van der Waals surface area contributed by atoms with Crippen LogP contribution in [-0.2, 0) is 16.4 Å². The van der Waals surface area contributed by atoms with Gasteiger partial charge in [-0.2, -0.15) is 0 Å². The second-order valence-electron chi connectivity index (χ2n) is 4.84. The number of carbonyl (C=O) groups excluding carboxylic acids is 1. The lowest BCUT2D eigenvalue weighted by Gasteiger charge is -2.27. The van der Waals surface area contributed by atoms with Gasteiger partial charge in [-0.1, -0.05) is 18.2 Å². The van der Waals surface area contributed by atoms with Crippen LogP contribution in [0.4, 0.5) is 4.79 Å². The number of para-hydroxylation sites is 1. The van der Waals surface area contributed by atoms with E-state index in [1.54, 1.807) is 0 Å². The third kappa shape index (κ3) is 4.35. The molecule has 7 heteroatoms. The molecule has 0 radical (unpaired) electrons. The molecular weight excluding hydrogens is 292 g/mol. The van der Waals surface area contributed by atoms with Crippen molar-refractivity contribution in [2.75, 3.05) is 31.2 Å². The van der Waals surface area contributed by atoms with Gasteiger partial charge in [0.2, 0.25) is 0 Å². The Morgan fingerprint density at radius 3 is 2.62 bits per heavy atom. The number of ether oxygens (including phenoxy) is 1. The third-order valence-electron chi connectivity index (χ3n) is 3.33. The number of urea groups is 1. The van der Waals surface area contributed by atoms with Gasteiger partial charge >= 0.3 is 6.03 Å². The number of amides is 2. The molecule has 1 heterocycles. The Morgan fingerprint density at radius 1 is 1.29 bits per heavy atom. The summed E-state index contributed by atoms with van der Waals surface area (Å²) in [4.78, 5) is 13.6. The van der Waals surface area contributed by atoms with Crippen LogP contribution in [0, 0.1) is 0 Å². The number of rotatable bonds is 4. The van der Waals surface area contributed by atoms with Crippen LogP contribution in [0.5, 0.6) is 5.75 Å². The molecule has 0 unspecified atom stereocenters. The van der Waals surface area contributed by atoms with Gasteiger partial charge in [-0.15, -0.1) is 0 Å². The van der Waals surface area contributed by atoms with Crippen LogP contribution in [-0.4, -0.2) is 50.6 Å². The van der Waals surface area contributed by atoms with Crippen LogP contribution in [0.15, 0.2) is 24.3 Å². The lowest BCUT2D eigenvalue weighted by atomic mass is 10.2. The fourth-order valence-electron chi connectivity index (χ4n) is 2.14. The molecule has 1 aromatic carbocycles. The molecule has 0 aromatic heterocycles. The van der Waals surface area contributed by atoms with E-state index in [9.17, 15) is 13.2 Å². The van der Waals surface area contributed by atoms with Gasteiger partial charge in [0, 0.05) is 25.2 Å². The molecule has 1 fully saturated rings. The van der Waals surface area contributed by atoms with Gasteiger partial charge in [-0.3, -0.25) is 0 Å². The van der Waals surface area contributed by atoms with E-state index in [4.69, 9.17) is 4.74 Å². The Labute approximate surface area is 125 Å². The maximum atomic E-state index is 12.0. The smallest absolute Gasteiger partial charge is 0.317 e. The SMILES string of the molecule is CCOc1ccccc1CNC(=O)N1CCS(=O)(=O)CC1. The standard InChI is InChI=1S/C14H20N2O4S/c1-2-20-13-6-4-3-5-12(13)11-15-14(17)16-7-9-21(18,19)10-8-16/h3-6H,2,7-11H2,1H3,(H,15,17). The topological polar surface area (TPSA) is 75.7 Å². The van der Waals surface area contributed by atoms with Crippen molar-refractivity contribution in [2.45, 2.75) is 13.5 Å². The lowest BCUT2D eigenvalue weighted by molar-refractivity contribution is 0.201. The molecular formula is C14H20N2O4S. The summed E-state index contributed by atoms with van der Waals surface area (Å²) in [7, 11) is -2.97. The van der Waals surface area contributed by atoms with Crippen LogP contribution < -0.4 is 10.1 Å². The van der Waals surface area contributed by atoms with E-state index in [1.807, 2.05) is 31.2 Å². The second kappa shape index (κ2) is 6.80. The first-order valence-electron chi connectivity index (χ1n) is 6.96. The molecule has 0 spiro atoms. The fraction of sp³-hybridized carbons (Fsp3) is 0.500. The first kappa shape index (κ1) is 15.6. The zero-order chi connectivity index (χ0) is 15.3. The van der Waals surface area contributed by atoms with Crippen LogP contribution in [0.1, 0.15) is 12.5 Å². The second-order valence-corrected chi connectivity index (χ2v) is 7.14. The first-order valence-corrected chi connectivity index (χ1v) is 8.78. The Bertz CT molecular complexity index is 587. The minimum Gasteiger partial charge on any atom is -0.494 e. The molecule has 21 heavy (non-hydrogen) atoms. The predicted octanol–water partition coefficient (Wildman–Crippen LogP) is 1.03. The van der Waals surface area contributed by atoms with Crippen molar-refractivity contribution < 1.29 is 17.9 Å². The highest BCUT2D eigenvalue weighted by molar-refractivity contribution is 7.91. The van der Waals surface area contributed by atoms with Gasteiger partial charge in [0.1, 0.15) is 5.75 Å². The Balaban J connectivity index is 1.90. The number of hydrogen-bond acceptors (Lipinski definition) is 4. The lowest BCUT2D eigenvalue weighted by Crippen LogP contribution is -2.48. The largest absolute Gasteiger partial charge is 0.494 e. The summed E-state index contributed by atoms with van der Waals surface area (Å²) < 4.78 is 28.2. The molecule has 0 saturated carbocycles. The highest BCUT2D eigenvalue weighted by Gasteiger charge is 2.24. The Hall–Kier alpha value is -1.76. The number of benzene rings is 1. The molecule has 6 nitrogen and oxygen atoms in total. The highest BCUT2D eigenvalue weighted by Crippen LogP contribution is 2.17. The van der Waals surface area contributed by atoms with Crippen molar-refractivity contribution >= 4 is 15.9 Å². The molecule has 1 aliphatic heterocycles. The van der Waals surface area contributed by atoms with Crippen molar-refractivity contribution in [3.63, 3.8) is 0 Å². The quantitative estimate of drug-likeness (QED) is 0.901. The number of nitrogens with one attached hydrogen (secondary N) is 1. The summed E-state index contributed by atoms with van der Waals surface area (Å²) in [5.41, 5.74) is 0.900. The van der Waals surface area contributed by atoms with E-state index in [-0.39, 0.29) is 30.6 Å². The average Bonchev–Trinajstić information content (AvgIpc) is 2.46. The summed E-state index contributed by atoms with van der Waals surface area (Å²) in [6.07, 6.45) is 0. The molecule has 0 bridgehead atoms. The molecule has 1 N–H and O–H groups in total. The van der Waals surface area contributed by atoms with Crippen LogP contribution in [0.2, 0.25) is 0 Å². The van der Waals surface area contributed by atoms with Crippen molar-refractivity contribution in [1.29, 1.82) is 0 Å². The minimum absolute atomic E-state index is 0.0377.